The van der Waals surface area contributed by atoms with E-state index in [4.69, 9.17) is 9.47 Å². The zero-order valence-corrected chi connectivity index (χ0v) is 13.5. The maximum absolute atomic E-state index is 9.47. The molecule has 0 aliphatic heterocycles. The summed E-state index contributed by atoms with van der Waals surface area (Å²) in [6.07, 6.45) is 1.73. The number of methoxy groups -OCH3 is 2. The molecule has 6 heteroatoms. The molecular weight excluding hydrogens is 316 g/mol. The second-order valence-corrected chi connectivity index (χ2v) is 5.57. The van der Waals surface area contributed by atoms with Gasteiger partial charge in [0.2, 0.25) is 0 Å². The molecule has 0 atom stereocenters. The van der Waals surface area contributed by atoms with Crippen LogP contribution in [0.15, 0.2) is 30.5 Å². The fourth-order valence-electron chi connectivity index (χ4n) is 3.16. The van der Waals surface area contributed by atoms with Gasteiger partial charge in [-0.2, -0.15) is 10.5 Å². The van der Waals surface area contributed by atoms with Gasteiger partial charge in [-0.3, -0.25) is 4.98 Å². The molecule has 0 bridgehead atoms. The molecule has 0 aliphatic carbocycles. The van der Waals surface area contributed by atoms with Gasteiger partial charge in [0.25, 0.3) is 0 Å². The van der Waals surface area contributed by atoms with Gasteiger partial charge in [-0.15, -0.1) is 0 Å². The monoisotopic (exact) mass is 328 g/mol. The van der Waals surface area contributed by atoms with Crippen molar-refractivity contribution < 1.29 is 9.47 Å². The molecule has 4 rings (SSSR count). The molecule has 0 amide bonds. The Morgan fingerprint density at radius 3 is 2.40 bits per heavy atom. The molecular formula is C19H12N4O2. The van der Waals surface area contributed by atoms with Crippen LogP contribution >= 0.6 is 0 Å². The smallest absolute Gasteiger partial charge is 0.162 e. The number of nitrogens with zero attached hydrogens (tertiary/aromatic N) is 3. The highest BCUT2D eigenvalue weighted by Crippen LogP contribution is 2.37. The molecule has 2 aromatic carbocycles. The van der Waals surface area contributed by atoms with Crippen molar-refractivity contribution in [2.45, 2.75) is 0 Å². The van der Waals surface area contributed by atoms with Gasteiger partial charge in [0, 0.05) is 33.9 Å². The molecule has 0 spiro atoms. The molecule has 1 N–H and O–H groups in total. The van der Waals surface area contributed by atoms with Crippen LogP contribution in [0.25, 0.3) is 32.7 Å². The molecule has 0 saturated carbocycles. The fourth-order valence-corrected chi connectivity index (χ4v) is 3.16. The lowest BCUT2D eigenvalue weighted by atomic mass is 10.0. The third-order valence-electron chi connectivity index (χ3n) is 4.29. The maximum Gasteiger partial charge on any atom is 0.162 e. The van der Waals surface area contributed by atoms with Crippen molar-refractivity contribution in [3.63, 3.8) is 0 Å². The van der Waals surface area contributed by atoms with Crippen molar-refractivity contribution in [2.75, 3.05) is 14.2 Å². The van der Waals surface area contributed by atoms with E-state index in [9.17, 15) is 10.5 Å². The van der Waals surface area contributed by atoms with Gasteiger partial charge in [0.1, 0.15) is 0 Å². The number of fused-ring (bicyclic) bond motifs is 5. The lowest BCUT2D eigenvalue weighted by Crippen LogP contribution is -1.91. The summed E-state index contributed by atoms with van der Waals surface area (Å²) in [4.78, 5) is 7.82. The minimum absolute atomic E-state index is 0.437. The van der Waals surface area contributed by atoms with Crippen LogP contribution in [-0.2, 0) is 0 Å². The van der Waals surface area contributed by atoms with Crippen LogP contribution in [0.1, 0.15) is 11.1 Å². The zero-order chi connectivity index (χ0) is 17.6. The SMILES string of the molecule is COc1cc2ncc3c([nH]c4cc(C#N)cc(C#N)c43)c2cc1OC. The number of hydrogen-bond donors (Lipinski definition) is 1. The van der Waals surface area contributed by atoms with E-state index in [0.717, 1.165) is 32.7 Å². The molecule has 2 heterocycles. The minimum Gasteiger partial charge on any atom is -0.493 e. The molecule has 0 saturated heterocycles. The summed E-state index contributed by atoms with van der Waals surface area (Å²) in [5.74, 6) is 1.20. The van der Waals surface area contributed by atoms with E-state index in [0.29, 0.717) is 22.6 Å². The molecule has 25 heavy (non-hydrogen) atoms. The van der Waals surface area contributed by atoms with Crippen molar-refractivity contribution >= 4 is 32.7 Å². The second-order valence-electron chi connectivity index (χ2n) is 5.57. The Morgan fingerprint density at radius 2 is 1.72 bits per heavy atom. The Hall–Kier alpha value is -3.77. The second kappa shape index (κ2) is 5.40. The first-order valence-electron chi connectivity index (χ1n) is 7.50. The minimum atomic E-state index is 0.437. The first-order valence-corrected chi connectivity index (χ1v) is 7.50. The van der Waals surface area contributed by atoms with Gasteiger partial charge in [-0.1, -0.05) is 0 Å². The Bertz CT molecular complexity index is 1240. The summed E-state index contributed by atoms with van der Waals surface area (Å²) in [5.41, 5.74) is 3.20. The summed E-state index contributed by atoms with van der Waals surface area (Å²) in [7, 11) is 3.16. The van der Waals surface area contributed by atoms with Gasteiger partial charge in [0.05, 0.1) is 48.5 Å². The number of aromatic amines is 1. The number of pyridine rings is 1. The first kappa shape index (κ1) is 14.8. The number of nitriles is 2. The normalized spacial score (nSPS) is 10.7. The largest absolute Gasteiger partial charge is 0.493 e. The predicted octanol–water partition coefficient (Wildman–Crippen LogP) is 3.63. The van der Waals surface area contributed by atoms with Crippen LogP contribution in [0.4, 0.5) is 0 Å². The van der Waals surface area contributed by atoms with Gasteiger partial charge in [-0.05, 0) is 18.2 Å². The number of hydrogen-bond acceptors (Lipinski definition) is 5. The average molecular weight is 328 g/mol. The van der Waals surface area contributed by atoms with Crippen molar-refractivity contribution in [3.05, 3.63) is 41.6 Å². The molecule has 0 aliphatic rings. The van der Waals surface area contributed by atoms with Crippen LogP contribution in [-0.4, -0.2) is 24.2 Å². The van der Waals surface area contributed by atoms with Gasteiger partial charge in [0.15, 0.2) is 11.5 Å². The van der Waals surface area contributed by atoms with E-state index < -0.39 is 0 Å². The third kappa shape index (κ3) is 2.05. The summed E-state index contributed by atoms with van der Waals surface area (Å²) in [6.45, 7) is 0. The first-order chi connectivity index (χ1) is 12.2. The molecule has 0 fully saturated rings. The number of rotatable bonds is 2. The van der Waals surface area contributed by atoms with E-state index in [1.165, 1.54) is 0 Å². The Labute approximate surface area is 142 Å². The lowest BCUT2D eigenvalue weighted by Gasteiger charge is -2.09. The maximum atomic E-state index is 9.47. The lowest BCUT2D eigenvalue weighted by molar-refractivity contribution is 0.356. The Balaban J connectivity index is 2.18. The quantitative estimate of drug-likeness (QED) is 0.606. The predicted molar refractivity (Wildman–Crippen MR) is 93.6 cm³/mol. The van der Waals surface area contributed by atoms with E-state index in [2.05, 4.69) is 22.1 Å². The van der Waals surface area contributed by atoms with Crippen LogP contribution < -0.4 is 9.47 Å². The van der Waals surface area contributed by atoms with E-state index >= 15 is 0 Å². The number of nitrogens with one attached hydrogen (secondary N) is 1. The summed E-state index contributed by atoms with van der Waals surface area (Å²) >= 11 is 0. The highest BCUT2D eigenvalue weighted by atomic mass is 16.5. The fraction of sp³-hybridized carbons (Fsp3) is 0.105. The van der Waals surface area contributed by atoms with Crippen molar-refractivity contribution in [1.82, 2.24) is 9.97 Å². The van der Waals surface area contributed by atoms with Crippen LogP contribution in [0.2, 0.25) is 0 Å². The molecule has 120 valence electrons. The molecule has 4 aromatic rings. The van der Waals surface area contributed by atoms with Gasteiger partial charge < -0.3 is 14.5 Å². The molecule has 6 nitrogen and oxygen atoms in total. The van der Waals surface area contributed by atoms with E-state index in [1.807, 2.05) is 12.1 Å². The Morgan fingerprint density at radius 1 is 0.960 bits per heavy atom. The van der Waals surface area contributed by atoms with E-state index in [-0.39, 0.29) is 0 Å². The number of benzene rings is 2. The molecule has 0 radical (unpaired) electrons. The topological polar surface area (TPSA) is 94.7 Å². The zero-order valence-electron chi connectivity index (χ0n) is 13.5. The molecule has 0 unspecified atom stereocenters. The average Bonchev–Trinajstić information content (AvgIpc) is 3.04. The van der Waals surface area contributed by atoms with Crippen molar-refractivity contribution in [1.29, 1.82) is 10.5 Å². The third-order valence-corrected chi connectivity index (χ3v) is 4.29. The standard InChI is InChI=1S/C19H12N4O2/c1-24-16-5-12-14(6-17(16)25-2)22-9-13-18-11(8-21)3-10(7-20)4-15(18)23-19(12)13/h3-6,9,23H,1-2H3. The highest BCUT2D eigenvalue weighted by Gasteiger charge is 2.15. The van der Waals surface area contributed by atoms with E-state index in [1.54, 1.807) is 32.5 Å². The van der Waals surface area contributed by atoms with Crippen molar-refractivity contribution in [3.8, 4) is 23.6 Å². The number of ether oxygens (including phenoxy) is 2. The van der Waals surface area contributed by atoms with Crippen LogP contribution in [0.3, 0.4) is 0 Å². The van der Waals surface area contributed by atoms with Crippen LogP contribution in [0.5, 0.6) is 11.5 Å². The number of H-pyrrole nitrogens is 1. The summed E-state index contributed by atoms with van der Waals surface area (Å²) < 4.78 is 10.7. The highest BCUT2D eigenvalue weighted by molar-refractivity contribution is 6.17. The summed E-state index contributed by atoms with van der Waals surface area (Å²) in [6, 6.07) is 11.3. The van der Waals surface area contributed by atoms with Crippen molar-refractivity contribution in [2.24, 2.45) is 0 Å². The molecule has 2 aromatic heterocycles. The van der Waals surface area contributed by atoms with Gasteiger partial charge >= 0.3 is 0 Å². The van der Waals surface area contributed by atoms with Gasteiger partial charge in [-0.25, -0.2) is 0 Å². The summed E-state index contributed by atoms with van der Waals surface area (Å²) in [5, 5.41) is 21.1. The van der Waals surface area contributed by atoms with Crippen LogP contribution in [0, 0.1) is 22.7 Å². The number of aromatic nitrogens is 2. The Kier molecular flexibility index (Phi) is 3.19.